The molecule has 5 aromatic rings. The first-order valence-corrected chi connectivity index (χ1v) is 15.6. The zero-order valence-corrected chi connectivity index (χ0v) is 24.1. The van der Waals surface area contributed by atoms with E-state index in [9.17, 15) is 13.2 Å². The third kappa shape index (κ3) is 6.09. The summed E-state index contributed by atoms with van der Waals surface area (Å²) >= 11 is 1.29. The lowest BCUT2D eigenvalue weighted by Crippen LogP contribution is -2.40. The number of anilines is 1. The summed E-state index contributed by atoms with van der Waals surface area (Å²) in [5.74, 6) is -0.325. The molecule has 6 rings (SSSR count). The lowest BCUT2D eigenvalue weighted by molar-refractivity contribution is -0.111. The molecule has 212 valence electrons. The average Bonchev–Trinajstić information content (AvgIpc) is 3.69. The first-order chi connectivity index (χ1) is 20.5. The van der Waals surface area contributed by atoms with Crippen LogP contribution in [-0.2, 0) is 19.6 Å². The van der Waals surface area contributed by atoms with Gasteiger partial charge in [-0.2, -0.15) is 9.40 Å². The largest absolute Gasteiger partial charge is 0.379 e. The van der Waals surface area contributed by atoms with Crippen molar-refractivity contribution < 1.29 is 17.9 Å². The second-order valence-electron chi connectivity index (χ2n) is 9.48. The molecule has 1 amide bonds. The van der Waals surface area contributed by atoms with Crippen molar-refractivity contribution in [1.29, 1.82) is 0 Å². The molecule has 1 aliphatic rings. The number of hydrogen-bond acceptors (Lipinski definition) is 7. The van der Waals surface area contributed by atoms with E-state index in [-0.39, 0.29) is 10.8 Å². The van der Waals surface area contributed by atoms with E-state index < -0.39 is 10.0 Å². The van der Waals surface area contributed by atoms with Crippen LogP contribution in [0.1, 0.15) is 5.56 Å². The van der Waals surface area contributed by atoms with Gasteiger partial charge in [-0.3, -0.25) is 10.1 Å². The third-order valence-electron chi connectivity index (χ3n) is 6.72. The molecular weight excluding hydrogens is 571 g/mol. The summed E-state index contributed by atoms with van der Waals surface area (Å²) < 4.78 is 34.3. The van der Waals surface area contributed by atoms with Crippen molar-refractivity contribution >= 4 is 38.5 Å². The fourth-order valence-corrected chi connectivity index (χ4v) is 6.68. The highest BCUT2D eigenvalue weighted by Gasteiger charge is 2.26. The van der Waals surface area contributed by atoms with Gasteiger partial charge in [0.05, 0.1) is 35.2 Å². The molecule has 0 unspecified atom stereocenters. The number of benzene rings is 3. The Labute approximate surface area is 247 Å². The van der Waals surface area contributed by atoms with E-state index in [0.717, 1.165) is 28.1 Å². The predicted molar refractivity (Wildman–Crippen MR) is 164 cm³/mol. The Balaban J connectivity index is 1.16. The molecule has 0 spiro atoms. The highest BCUT2D eigenvalue weighted by atomic mass is 32.2. The van der Waals surface area contributed by atoms with Gasteiger partial charge in [0.1, 0.15) is 0 Å². The van der Waals surface area contributed by atoms with Crippen molar-refractivity contribution in [3.63, 3.8) is 0 Å². The SMILES string of the molecule is O=C(/C=C/c1cn(-c2ccccc2)nc1-c1ccccc1)Nc1nc(-c2ccc(S(=O)(=O)N3CCOCC3)cc2)cs1. The summed E-state index contributed by atoms with van der Waals surface area (Å²) in [4.78, 5) is 17.6. The van der Waals surface area contributed by atoms with Crippen molar-refractivity contribution in [2.24, 2.45) is 0 Å². The van der Waals surface area contributed by atoms with Crippen LogP contribution in [0.3, 0.4) is 0 Å². The maximum atomic E-state index is 12.9. The summed E-state index contributed by atoms with van der Waals surface area (Å²) in [6.45, 7) is 1.48. The van der Waals surface area contributed by atoms with Gasteiger partial charge < -0.3 is 4.74 Å². The van der Waals surface area contributed by atoms with E-state index >= 15 is 0 Å². The van der Waals surface area contributed by atoms with Gasteiger partial charge in [0, 0.05) is 47.4 Å². The fraction of sp³-hybridized carbons (Fsp3) is 0.129. The molecule has 0 saturated carbocycles. The van der Waals surface area contributed by atoms with Crippen LogP contribution in [-0.4, -0.2) is 59.7 Å². The van der Waals surface area contributed by atoms with Crippen LogP contribution >= 0.6 is 11.3 Å². The number of nitrogens with one attached hydrogen (secondary N) is 1. The van der Waals surface area contributed by atoms with E-state index in [1.54, 1.807) is 35.0 Å². The van der Waals surface area contributed by atoms with Crippen molar-refractivity contribution in [2.45, 2.75) is 4.90 Å². The Morgan fingerprint density at radius 1 is 0.905 bits per heavy atom. The number of hydrogen-bond donors (Lipinski definition) is 1. The normalized spacial score (nSPS) is 14.3. The fourth-order valence-electron chi connectivity index (χ4n) is 4.55. The number of thiazole rings is 1. The number of rotatable bonds is 8. The molecule has 1 fully saturated rings. The number of nitrogens with zero attached hydrogens (tertiary/aromatic N) is 4. The standard InChI is InChI=1S/C31H27N5O4S2/c37-29(16-13-25-21-36(26-9-5-2-6-10-26)34-30(25)24-7-3-1-4-8-24)33-31-32-28(22-41-31)23-11-14-27(15-12-23)42(38,39)35-17-19-40-20-18-35/h1-16,21-22H,17-20H2,(H,32,33,37)/b16-13+. The van der Waals surface area contributed by atoms with E-state index in [4.69, 9.17) is 9.84 Å². The van der Waals surface area contributed by atoms with E-state index in [1.165, 1.54) is 21.7 Å². The van der Waals surface area contributed by atoms with Crippen LogP contribution in [0.5, 0.6) is 0 Å². The Hall–Kier alpha value is -4.42. The maximum Gasteiger partial charge on any atom is 0.250 e. The molecule has 0 atom stereocenters. The molecule has 1 saturated heterocycles. The highest BCUT2D eigenvalue weighted by molar-refractivity contribution is 7.89. The number of aromatic nitrogens is 3. The molecule has 1 N–H and O–H groups in total. The minimum atomic E-state index is -3.57. The smallest absolute Gasteiger partial charge is 0.250 e. The second-order valence-corrected chi connectivity index (χ2v) is 12.3. The van der Waals surface area contributed by atoms with Crippen LogP contribution < -0.4 is 5.32 Å². The molecule has 11 heteroatoms. The Kier molecular flexibility index (Phi) is 8.06. The zero-order valence-electron chi connectivity index (χ0n) is 22.5. The quantitative estimate of drug-likeness (QED) is 0.242. The van der Waals surface area contributed by atoms with Crippen LogP contribution in [0, 0.1) is 0 Å². The number of carbonyl (C=O) groups excluding carboxylic acids is 1. The number of para-hydroxylation sites is 1. The number of sulfonamides is 1. The Morgan fingerprint density at radius 3 is 2.31 bits per heavy atom. The molecule has 3 heterocycles. The molecule has 1 aliphatic heterocycles. The van der Waals surface area contributed by atoms with Gasteiger partial charge in [-0.05, 0) is 30.3 Å². The van der Waals surface area contributed by atoms with Crippen LogP contribution in [0.2, 0.25) is 0 Å². The molecule has 42 heavy (non-hydrogen) atoms. The van der Waals surface area contributed by atoms with Crippen molar-refractivity contribution in [3.05, 3.63) is 108 Å². The average molecular weight is 598 g/mol. The lowest BCUT2D eigenvalue weighted by atomic mass is 10.1. The van der Waals surface area contributed by atoms with Gasteiger partial charge in [-0.1, -0.05) is 60.7 Å². The molecule has 2 aromatic heterocycles. The maximum absolute atomic E-state index is 12.9. The Morgan fingerprint density at radius 2 is 1.60 bits per heavy atom. The summed E-state index contributed by atoms with van der Waals surface area (Å²) in [6.07, 6.45) is 5.10. The van der Waals surface area contributed by atoms with E-state index in [0.29, 0.717) is 37.1 Å². The highest BCUT2D eigenvalue weighted by Crippen LogP contribution is 2.28. The Bertz CT molecular complexity index is 1810. The van der Waals surface area contributed by atoms with E-state index in [2.05, 4.69) is 10.3 Å². The number of morpholine rings is 1. The van der Waals surface area contributed by atoms with E-state index in [1.807, 2.05) is 72.2 Å². The summed E-state index contributed by atoms with van der Waals surface area (Å²) in [6, 6.07) is 26.2. The molecule has 0 bridgehead atoms. The monoisotopic (exact) mass is 597 g/mol. The van der Waals surface area contributed by atoms with Crippen LogP contribution in [0.15, 0.2) is 107 Å². The number of ether oxygens (including phenoxy) is 1. The number of amides is 1. The summed E-state index contributed by atoms with van der Waals surface area (Å²) in [7, 11) is -3.57. The van der Waals surface area contributed by atoms with Gasteiger partial charge in [0.2, 0.25) is 15.9 Å². The summed E-state index contributed by atoms with van der Waals surface area (Å²) in [5, 5.41) is 9.85. The van der Waals surface area contributed by atoms with Crippen molar-refractivity contribution in [1.82, 2.24) is 19.1 Å². The van der Waals surface area contributed by atoms with Crippen LogP contribution in [0.4, 0.5) is 5.13 Å². The van der Waals surface area contributed by atoms with Gasteiger partial charge in [-0.15, -0.1) is 11.3 Å². The first-order valence-electron chi connectivity index (χ1n) is 13.3. The van der Waals surface area contributed by atoms with Gasteiger partial charge in [0.25, 0.3) is 0 Å². The third-order valence-corrected chi connectivity index (χ3v) is 9.39. The lowest BCUT2D eigenvalue weighted by Gasteiger charge is -2.26. The zero-order chi connectivity index (χ0) is 28.9. The van der Waals surface area contributed by atoms with Gasteiger partial charge >= 0.3 is 0 Å². The predicted octanol–water partition coefficient (Wildman–Crippen LogP) is 5.34. The molecular formula is C31H27N5O4S2. The summed E-state index contributed by atoms with van der Waals surface area (Å²) in [5.41, 5.74) is 4.82. The topological polar surface area (TPSA) is 106 Å². The van der Waals surface area contributed by atoms with Gasteiger partial charge in [-0.25, -0.2) is 18.1 Å². The molecule has 3 aromatic carbocycles. The first kappa shape index (κ1) is 27.7. The van der Waals surface area contributed by atoms with Crippen molar-refractivity contribution in [3.8, 4) is 28.2 Å². The van der Waals surface area contributed by atoms with Crippen LogP contribution in [0.25, 0.3) is 34.3 Å². The minimum Gasteiger partial charge on any atom is -0.379 e. The minimum absolute atomic E-state index is 0.229. The van der Waals surface area contributed by atoms with Gasteiger partial charge in [0.15, 0.2) is 5.13 Å². The molecule has 9 nitrogen and oxygen atoms in total. The molecule has 0 radical (unpaired) electrons. The molecule has 0 aliphatic carbocycles. The number of carbonyl (C=O) groups is 1. The second kappa shape index (κ2) is 12.2. The van der Waals surface area contributed by atoms with Crippen molar-refractivity contribution in [2.75, 3.05) is 31.6 Å².